The second-order valence-corrected chi connectivity index (χ2v) is 10.8. The maximum atomic E-state index is 12.4. The molecule has 1 saturated carbocycles. The van der Waals surface area contributed by atoms with Gasteiger partial charge in [0, 0.05) is 19.0 Å². The zero-order valence-electron chi connectivity index (χ0n) is 23.0. The number of ether oxygens (including phenoxy) is 1. The van der Waals surface area contributed by atoms with Crippen molar-refractivity contribution in [1.82, 2.24) is 4.90 Å². The molecule has 0 bridgehead atoms. The van der Waals surface area contributed by atoms with E-state index in [1.54, 1.807) is 0 Å². The number of carbonyl (C=O) groups is 1. The lowest BCUT2D eigenvalue weighted by molar-refractivity contribution is -0.145. The highest BCUT2D eigenvalue weighted by molar-refractivity contribution is 5.69. The Morgan fingerprint density at radius 3 is 2.03 bits per heavy atom. The lowest BCUT2D eigenvalue weighted by Crippen LogP contribution is -2.39. The number of aliphatic hydroxyl groups excluding tert-OH is 1. The first-order valence-electron chi connectivity index (χ1n) is 15.2. The summed E-state index contributed by atoms with van der Waals surface area (Å²) in [4.78, 5) is 14.8. The molecule has 1 N–H and O–H groups in total. The van der Waals surface area contributed by atoms with E-state index in [1.807, 2.05) is 0 Å². The molecule has 34 heavy (non-hydrogen) atoms. The molecule has 0 radical (unpaired) electrons. The zero-order chi connectivity index (χ0) is 24.7. The number of aliphatic hydroxyl groups is 1. The predicted molar refractivity (Wildman–Crippen MR) is 145 cm³/mol. The molecule has 0 aromatic heterocycles. The van der Waals surface area contributed by atoms with Gasteiger partial charge in [-0.05, 0) is 51.0 Å². The number of hydrogen-bond acceptors (Lipinski definition) is 4. The standard InChI is InChI=1S/C30H59NO3/c1-3-5-7-9-10-14-20-28(19-13-8-6-4-2)27-34-30(33)23-17-12-18-24-31(25-26-32)29-21-15-11-16-22-29/h28-29,32H,3-27H2,1-2H3. The summed E-state index contributed by atoms with van der Waals surface area (Å²) in [5, 5.41) is 9.43. The van der Waals surface area contributed by atoms with Crippen molar-refractivity contribution in [2.24, 2.45) is 5.92 Å². The van der Waals surface area contributed by atoms with Crippen molar-refractivity contribution in [2.45, 2.75) is 155 Å². The Morgan fingerprint density at radius 1 is 0.794 bits per heavy atom. The monoisotopic (exact) mass is 481 g/mol. The van der Waals surface area contributed by atoms with Gasteiger partial charge in [0.25, 0.3) is 0 Å². The van der Waals surface area contributed by atoms with Gasteiger partial charge in [-0.15, -0.1) is 0 Å². The van der Waals surface area contributed by atoms with Crippen molar-refractivity contribution in [3.63, 3.8) is 0 Å². The molecule has 4 nitrogen and oxygen atoms in total. The van der Waals surface area contributed by atoms with Gasteiger partial charge in [0.05, 0.1) is 13.2 Å². The Hall–Kier alpha value is -0.610. The van der Waals surface area contributed by atoms with Crippen LogP contribution in [0.4, 0.5) is 0 Å². The lowest BCUT2D eigenvalue weighted by atomic mass is 9.94. The molecule has 1 atom stereocenters. The predicted octanol–water partition coefficient (Wildman–Crippen LogP) is 8.05. The molecule has 1 rings (SSSR count). The SMILES string of the molecule is CCCCCCCCC(CCCCCC)COC(=O)CCCCCN(CCO)C1CCCCC1. The summed E-state index contributed by atoms with van der Waals surface area (Å²) >= 11 is 0. The first kappa shape index (κ1) is 31.4. The number of esters is 1. The van der Waals surface area contributed by atoms with Gasteiger partial charge in [-0.2, -0.15) is 0 Å². The van der Waals surface area contributed by atoms with Gasteiger partial charge >= 0.3 is 5.97 Å². The summed E-state index contributed by atoms with van der Waals surface area (Å²) in [5.41, 5.74) is 0. The second kappa shape index (κ2) is 22.8. The van der Waals surface area contributed by atoms with Crippen molar-refractivity contribution in [2.75, 3.05) is 26.3 Å². The Bertz CT molecular complexity index is 450. The highest BCUT2D eigenvalue weighted by Crippen LogP contribution is 2.23. The Balaban J connectivity index is 2.20. The van der Waals surface area contributed by atoms with Crippen LogP contribution in [0.15, 0.2) is 0 Å². The summed E-state index contributed by atoms with van der Waals surface area (Å²) in [6.07, 6.45) is 25.9. The van der Waals surface area contributed by atoms with Crippen LogP contribution in [0.2, 0.25) is 0 Å². The molecule has 0 aromatic carbocycles. The molecule has 1 aliphatic rings. The van der Waals surface area contributed by atoms with Crippen molar-refractivity contribution < 1.29 is 14.6 Å². The molecule has 0 spiro atoms. The first-order valence-corrected chi connectivity index (χ1v) is 15.2. The van der Waals surface area contributed by atoms with Crippen molar-refractivity contribution in [3.05, 3.63) is 0 Å². The van der Waals surface area contributed by atoms with Gasteiger partial charge in [-0.3, -0.25) is 9.69 Å². The molecule has 1 aliphatic carbocycles. The molecule has 1 fully saturated rings. The van der Waals surface area contributed by atoms with Crippen LogP contribution in [0.1, 0.15) is 149 Å². The number of nitrogens with zero attached hydrogens (tertiary/aromatic N) is 1. The topological polar surface area (TPSA) is 49.8 Å². The van der Waals surface area contributed by atoms with E-state index in [9.17, 15) is 9.90 Å². The fourth-order valence-electron chi connectivity index (χ4n) is 5.48. The van der Waals surface area contributed by atoms with Gasteiger partial charge in [-0.1, -0.05) is 104 Å². The van der Waals surface area contributed by atoms with Crippen LogP contribution in [-0.2, 0) is 9.53 Å². The van der Waals surface area contributed by atoms with Gasteiger partial charge in [0.15, 0.2) is 0 Å². The smallest absolute Gasteiger partial charge is 0.305 e. The molecule has 202 valence electrons. The quantitative estimate of drug-likeness (QED) is 0.118. The van der Waals surface area contributed by atoms with Crippen LogP contribution in [0, 0.1) is 5.92 Å². The van der Waals surface area contributed by atoms with E-state index in [-0.39, 0.29) is 12.6 Å². The third-order valence-corrected chi connectivity index (χ3v) is 7.72. The van der Waals surface area contributed by atoms with Crippen LogP contribution in [0.25, 0.3) is 0 Å². The Labute approximate surface area is 212 Å². The van der Waals surface area contributed by atoms with E-state index in [0.29, 0.717) is 25.0 Å². The van der Waals surface area contributed by atoms with Crippen LogP contribution < -0.4 is 0 Å². The van der Waals surface area contributed by atoms with Gasteiger partial charge in [0.2, 0.25) is 0 Å². The zero-order valence-corrected chi connectivity index (χ0v) is 23.0. The Morgan fingerprint density at radius 2 is 1.38 bits per heavy atom. The third kappa shape index (κ3) is 16.9. The van der Waals surface area contributed by atoms with E-state index in [2.05, 4.69) is 18.7 Å². The molecule has 0 aliphatic heterocycles. The second-order valence-electron chi connectivity index (χ2n) is 10.8. The fraction of sp³-hybridized carbons (Fsp3) is 0.967. The van der Waals surface area contributed by atoms with E-state index < -0.39 is 0 Å². The molecule has 4 heteroatoms. The van der Waals surface area contributed by atoms with E-state index in [0.717, 1.165) is 32.4 Å². The Kier molecular flexibility index (Phi) is 21.1. The third-order valence-electron chi connectivity index (χ3n) is 7.72. The highest BCUT2D eigenvalue weighted by atomic mass is 16.5. The molecular weight excluding hydrogens is 422 g/mol. The van der Waals surface area contributed by atoms with Crippen molar-refractivity contribution in [3.8, 4) is 0 Å². The number of carbonyl (C=O) groups excluding carboxylic acids is 1. The number of rotatable bonds is 23. The summed E-state index contributed by atoms with van der Waals surface area (Å²) in [6.45, 7) is 7.26. The van der Waals surface area contributed by atoms with Crippen LogP contribution in [0.3, 0.4) is 0 Å². The van der Waals surface area contributed by atoms with Crippen LogP contribution in [-0.4, -0.2) is 48.3 Å². The summed E-state index contributed by atoms with van der Waals surface area (Å²) < 4.78 is 5.74. The van der Waals surface area contributed by atoms with E-state index in [4.69, 9.17) is 4.74 Å². The van der Waals surface area contributed by atoms with Gasteiger partial charge < -0.3 is 9.84 Å². The lowest BCUT2D eigenvalue weighted by Gasteiger charge is -2.34. The molecule has 1 unspecified atom stereocenters. The van der Waals surface area contributed by atoms with Gasteiger partial charge in [-0.25, -0.2) is 0 Å². The van der Waals surface area contributed by atoms with Crippen molar-refractivity contribution in [1.29, 1.82) is 0 Å². The molecule has 0 saturated heterocycles. The molecular formula is C30H59NO3. The molecule has 0 amide bonds. The fourth-order valence-corrected chi connectivity index (χ4v) is 5.48. The summed E-state index contributed by atoms with van der Waals surface area (Å²) in [5.74, 6) is 0.551. The van der Waals surface area contributed by atoms with Crippen LogP contribution >= 0.6 is 0 Å². The average molecular weight is 482 g/mol. The number of hydrogen-bond donors (Lipinski definition) is 1. The minimum absolute atomic E-state index is 0.000925. The molecule has 0 aromatic rings. The van der Waals surface area contributed by atoms with Crippen molar-refractivity contribution >= 4 is 5.97 Å². The minimum Gasteiger partial charge on any atom is -0.465 e. The highest BCUT2D eigenvalue weighted by Gasteiger charge is 2.20. The number of unbranched alkanes of at least 4 members (excludes halogenated alkanes) is 10. The molecule has 0 heterocycles. The van der Waals surface area contributed by atoms with E-state index in [1.165, 1.54) is 109 Å². The van der Waals surface area contributed by atoms with E-state index >= 15 is 0 Å². The van der Waals surface area contributed by atoms with Gasteiger partial charge in [0.1, 0.15) is 0 Å². The average Bonchev–Trinajstić information content (AvgIpc) is 2.86. The largest absolute Gasteiger partial charge is 0.465 e. The summed E-state index contributed by atoms with van der Waals surface area (Å²) in [6, 6.07) is 0.659. The minimum atomic E-state index is 0.000925. The normalized spacial score (nSPS) is 15.6. The maximum absolute atomic E-state index is 12.4. The maximum Gasteiger partial charge on any atom is 0.305 e. The first-order chi connectivity index (χ1) is 16.7. The van der Waals surface area contributed by atoms with Crippen LogP contribution in [0.5, 0.6) is 0 Å². The summed E-state index contributed by atoms with van der Waals surface area (Å²) in [7, 11) is 0.